The number of unbranched alkanes of at least 4 members (excludes halogenated alkanes) is 5. The Morgan fingerprint density at radius 2 is 1.39 bits per heavy atom. The van der Waals surface area contributed by atoms with Crippen LogP contribution >= 0.6 is 7.82 Å². The van der Waals surface area contributed by atoms with E-state index in [1.165, 1.54) is 19.3 Å². The minimum absolute atomic E-state index is 0.0121. The van der Waals surface area contributed by atoms with Gasteiger partial charge in [0.15, 0.2) is 0 Å². The first-order chi connectivity index (χ1) is 10.9. The third-order valence-electron chi connectivity index (χ3n) is 3.92. The molecule has 0 bridgehead atoms. The first kappa shape index (κ1) is 23.0. The highest BCUT2D eigenvalue weighted by molar-refractivity contribution is 7.47. The average molecular weight is 356 g/mol. The molecule has 0 amide bonds. The van der Waals surface area contributed by atoms with E-state index in [0.29, 0.717) is 24.1 Å². The van der Waals surface area contributed by atoms with Crippen LogP contribution in [0.25, 0.3) is 0 Å². The van der Waals surface area contributed by atoms with Gasteiger partial charge in [-0.3, -0.25) is 9.05 Å². The van der Waals surface area contributed by atoms with Gasteiger partial charge in [0.25, 0.3) is 0 Å². The number of aliphatic hydroxyl groups is 2. The fourth-order valence-corrected chi connectivity index (χ4v) is 3.04. The Labute approximate surface area is 140 Å². The lowest BCUT2D eigenvalue weighted by Gasteiger charge is -2.33. The summed E-state index contributed by atoms with van der Waals surface area (Å²) in [6.07, 6.45) is 6.46. The number of nitrogens with zero attached hydrogens (tertiary/aromatic N) is 1. The number of phosphoric acid groups is 1. The standard InChI is InChI=1S/C15H34NO6P/c1-3-4-5-6-7-8-14-21-23(19,20)22-15-11-16(2,9-12-17)10-13-18/h17-18H,3-15H2,1-2H3/p+1. The first-order valence-electron chi connectivity index (χ1n) is 8.56. The second-order valence-electron chi connectivity index (χ2n) is 6.14. The number of hydrogen-bond acceptors (Lipinski definition) is 5. The van der Waals surface area contributed by atoms with Gasteiger partial charge in [0.2, 0.25) is 0 Å². The number of phosphoric ester groups is 1. The fraction of sp³-hybridized carbons (Fsp3) is 1.00. The molecule has 1 atom stereocenters. The van der Waals surface area contributed by atoms with Crippen molar-refractivity contribution < 1.29 is 33.2 Å². The van der Waals surface area contributed by atoms with Crippen LogP contribution < -0.4 is 0 Å². The molecule has 3 N–H and O–H groups in total. The molecule has 0 aromatic carbocycles. The number of aliphatic hydroxyl groups excluding tert-OH is 2. The summed E-state index contributed by atoms with van der Waals surface area (Å²) in [5.74, 6) is 0. The molecule has 0 aliphatic carbocycles. The Bertz CT molecular complexity index is 323. The molecule has 0 radical (unpaired) electrons. The summed E-state index contributed by atoms with van der Waals surface area (Å²) in [6.45, 7) is 3.74. The van der Waals surface area contributed by atoms with Crippen molar-refractivity contribution in [3.63, 3.8) is 0 Å². The van der Waals surface area contributed by atoms with E-state index >= 15 is 0 Å². The molecule has 0 spiro atoms. The Kier molecular flexibility index (Phi) is 13.3. The maximum absolute atomic E-state index is 11.8. The van der Waals surface area contributed by atoms with Crippen LogP contribution in [0.2, 0.25) is 0 Å². The monoisotopic (exact) mass is 356 g/mol. The SMILES string of the molecule is CCCCCCCCOP(=O)(O)OCC[N+](C)(CCO)CCO. The van der Waals surface area contributed by atoms with Gasteiger partial charge in [-0.25, -0.2) is 4.57 Å². The third kappa shape index (κ3) is 13.0. The van der Waals surface area contributed by atoms with Crippen molar-refractivity contribution in [2.45, 2.75) is 45.4 Å². The van der Waals surface area contributed by atoms with Gasteiger partial charge in [0, 0.05) is 0 Å². The summed E-state index contributed by atoms with van der Waals surface area (Å²) in [4.78, 5) is 9.62. The molecule has 0 aliphatic heterocycles. The van der Waals surface area contributed by atoms with Gasteiger partial charge in [0.05, 0.1) is 26.9 Å². The number of quaternary nitrogens is 1. The van der Waals surface area contributed by atoms with E-state index in [4.69, 9.17) is 19.3 Å². The maximum Gasteiger partial charge on any atom is 0.472 e. The average Bonchev–Trinajstić information content (AvgIpc) is 2.46. The van der Waals surface area contributed by atoms with E-state index in [-0.39, 0.29) is 26.4 Å². The van der Waals surface area contributed by atoms with Crippen LogP contribution in [-0.2, 0) is 13.6 Å². The first-order valence-corrected chi connectivity index (χ1v) is 10.1. The fourth-order valence-electron chi connectivity index (χ4n) is 2.29. The molecule has 7 nitrogen and oxygen atoms in total. The molecule has 23 heavy (non-hydrogen) atoms. The molecular formula is C15H35NO6P+. The molecule has 1 unspecified atom stereocenters. The summed E-state index contributed by atoms with van der Waals surface area (Å²) in [6, 6.07) is 0. The second kappa shape index (κ2) is 13.3. The summed E-state index contributed by atoms with van der Waals surface area (Å²) in [5, 5.41) is 18.1. The molecule has 0 fully saturated rings. The molecule has 0 saturated carbocycles. The van der Waals surface area contributed by atoms with Gasteiger partial charge in [-0.2, -0.15) is 0 Å². The molecular weight excluding hydrogens is 321 g/mol. The lowest BCUT2D eigenvalue weighted by molar-refractivity contribution is -0.910. The predicted octanol–water partition coefficient (Wildman–Crippen LogP) is 1.91. The van der Waals surface area contributed by atoms with Gasteiger partial charge in [0.1, 0.15) is 26.2 Å². The molecule has 8 heteroatoms. The van der Waals surface area contributed by atoms with Crippen molar-refractivity contribution in [1.82, 2.24) is 0 Å². The quantitative estimate of drug-likeness (QED) is 0.222. The third-order valence-corrected chi connectivity index (χ3v) is 4.94. The van der Waals surface area contributed by atoms with Gasteiger partial charge in [-0.05, 0) is 6.42 Å². The molecule has 0 saturated heterocycles. The highest BCUT2D eigenvalue weighted by Gasteiger charge is 2.25. The second-order valence-corrected chi connectivity index (χ2v) is 7.59. The van der Waals surface area contributed by atoms with E-state index in [1.54, 1.807) is 0 Å². The smallest absolute Gasteiger partial charge is 0.391 e. The lowest BCUT2D eigenvalue weighted by atomic mass is 10.1. The molecule has 0 aromatic rings. The zero-order chi connectivity index (χ0) is 17.6. The molecule has 140 valence electrons. The van der Waals surface area contributed by atoms with Crippen LogP contribution in [0.5, 0.6) is 0 Å². The van der Waals surface area contributed by atoms with Crippen molar-refractivity contribution in [2.75, 3.05) is 53.1 Å². The summed E-state index contributed by atoms with van der Waals surface area (Å²) >= 11 is 0. The van der Waals surface area contributed by atoms with E-state index in [0.717, 1.165) is 19.3 Å². The Balaban J connectivity index is 3.87. The zero-order valence-corrected chi connectivity index (χ0v) is 15.5. The minimum Gasteiger partial charge on any atom is -0.391 e. The number of hydrogen-bond donors (Lipinski definition) is 3. The van der Waals surface area contributed by atoms with Crippen molar-refractivity contribution >= 4 is 7.82 Å². The van der Waals surface area contributed by atoms with Crippen molar-refractivity contribution in [3.8, 4) is 0 Å². The summed E-state index contributed by atoms with van der Waals surface area (Å²) < 4.78 is 22.1. The van der Waals surface area contributed by atoms with E-state index in [1.807, 2.05) is 7.05 Å². The minimum atomic E-state index is -4.01. The van der Waals surface area contributed by atoms with Crippen molar-refractivity contribution in [3.05, 3.63) is 0 Å². The summed E-state index contributed by atoms with van der Waals surface area (Å²) in [7, 11) is -2.16. The lowest BCUT2D eigenvalue weighted by Crippen LogP contribution is -2.49. The Morgan fingerprint density at radius 3 is 1.96 bits per heavy atom. The highest BCUT2D eigenvalue weighted by Crippen LogP contribution is 2.43. The van der Waals surface area contributed by atoms with Gasteiger partial charge < -0.3 is 19.6 Å². The van der Waals surface area contributed by atoms with Crippen molar-refractivity contribution in [2.24, 2.45) is 0 Å². The molecule has 0 aromatic heterocycles. The van der Waals surface area contributed by atoms with Crippen LogP contribution in [0.3, 0.4) is 0 Å². The van der Waals surface area contributed by atoms with E-state index in [9.17, 15) is 9.46 Å². The molecule has 0 aliphatic rings. The summed E-state index contributed by atoms with van der Waals surface area (Å²) in [5.41, 5.74) is 0. The zero-order valence-electron chi connectivity index (χ0n) is 14.7. The Hall–Kier alpha value is -0.0100. The van der Waals surface area contributed by atoms with Crippen molar-refractivity contribution in [1.29, 1.82) is 0 Å². The molecule has 0 heterocycles. The maximum atomic E-state index is 11.8. The van der Waals surface area contributed by atoms with Gasteiger partial charge >= 0.3 is 7.82 Å². The van der Waals surface area contributed by atoms with Crippen LogP contribution in [0, 0.1) is 0 Å². The van der Waals surface area contributed by atoms with Crippen LogP contribution in [0.15, 0.2) is 0 Å². The van der Waals surface area contributed by atoms with Gasteiger partial charge in [-0.1, -0.05) is 39.0 Å². The van der Waals surface area contributed by atoms with Crippen LogP contribution in [-0.4, -0.2) is 72.7 Å². The van der Waals surface area contributed by atoms with Crippen LogP contribution in [0.4, 0.5) is 0 Å². The largest absolute Gasteiger partial charge is 0.472 e. The van der Waals surface area contributed by atoms with E-state index < -0.39 is 7.82 Å². The van der Waals surface area contributed by atoms with Gasteiger partial charge in [-0.15, -0.1) is 0 Å². The Morgan fingerprint density at radius 1 is 0.870 bits per heavy atom. The predicted molar refractivity (Wildman–Crippen MR) is 90.1 cm³/mol. The molecule has 0 rings (SSSR count). The number of likely N-dealkylation sites (N-methyl/N-ethyl adjacent to an activating group) is 1. The van der Waals surface area contributed by atoms with E-state index in [2.05, 4.69) is 6.92 Å². The number of rotatable bonds is 16. The van der Waals surface area contributed by atoms with Crippen LogP contribution in [0.1, 0.15) is 45.4 Å². The normalized spacial score (nSPS) is 14.8. The highest BCUT2D eigenvalue weighted by atomic mass is 31.2. The topological polar surface area (TPSA) is 96.2 Å².